The number of hydrogen-bond donors (Lipinski definition) is 0. The van der Waals surface area contributed by atoms with Crippen molar-refractivity contribution >= 4 is 22.7 Å². The Hall–Kier alpha value is -1.50. The zero-order valence-corrected chi connectivity index (χ0v) is 12.9. The van der Waals surface area contributed by atoms with Crippen molar-refractivity contribution in [3.63, 3.8) is 0 Å². The normalized spacial score (nSPS) is 12.9. The molecule has 0 radical (unpaired) electrons. The molecule has 0 saturated heterocycles. The molecule has 0 aromatic carbocycles. The van der Waals surface area contributed by atoms with Crippen LogP contribution in [0.5, 0.6) is 0 Å². The third-order valence-electron chi connectivity index (χ3n) is 3.18. The van der Waals surface area contributed by atoms with Gasteiger partial charge in [0.2, 0.25) is 5.89 Å². The van der Waals surface area contributed by atoms with Gasteiger partial charge in [-0.25, -0.2) is 0 Å². The summed E-state index contributed by atoms with van der Waals surface area (Å²) in [6, 6.07) is 8.27. The first kappa shape index (κ1) is 13.5. The summed E-state index contributed by atoms with van der Waals surface area (Å²) in [6.45, 7) is 2.97. The lowest BCUT2D eigenvalue weighted by Crippen LogP contribution is -2.21. The topological polar surface area (TPSA) is 42.2 Å². The average Bonchev–Trinajstić information content (AvgIpc) is 3.18. The molecule has 0 aliphatic rings. The van der Waals surface area contributed by atoms with Crippen molar-refractivity contribution in [1.82, 2.24) is 15.1 Å². The van der Waals surface area contributed by atoms with Crippen LogP contribution in [0.1, 0.15) is 23.7 Å². The SMILES string of the molecule is C[C@H](c1nnc(-c2cccs2)o1)N(C)Cc1cccs1. The highest BCUT2D eigenvalue weighted by atomic mass is 32.1. The molecule has 0 aliphatic carbocycles. The van der Waals surface area contributed by atoms with Crippen molar-refractivity contribution in [2.24, 2.45) is 0 Å². The quantitative estimate of drug-likeness (QED) is 0.713. The Morgan fingerprint density at radius 2 is 2.00 bits per heavy atom. The van der Waals surface area contributed by atoms with Gasteiger partial charge in [0.05, 0.1) is 10.9 Å². The minimum atomic E-state index is 0.0957. The zero-order chi connectivity index (χ0) is 13.9. The predicted octanol–water partition coefficient (Wildman–Crippen LogP) is 4.05. The molecule has 0 saturated carbocycles. The Kier molecular flexibility index (Phi) is 3.95. The van der Waals surface area contributed by atoms with Gasteiger partial charge in [0.1, 0.15) is 0 Å². The van der Waals surface area contributed by atoms with Gasteiger partial charge in [-0.1, -0.05) is 12.1 Å². The van der Waals surface area contributed by atoms with E-state index in [0.717, 1.165) is 11.4 Å². The van der Waals surface area contributed by atoms with Crippen LogP contribution in [0.15, 0.2) is 39.4 Å². The summed E-state index contributed by atoms with van der Waals surface area (Å²) in [6.07, 6.45) is 0. The second kappa shape index (κ2) is 5.87. The molecule has 3 aromatic rings. The van der Waals surface area contributed by atoms with Gasteiger partial charge in [0, 0.05) is 11.4 Å². The Balaban J connectivity index is 1.72. The maximum absolute atomic E-state index is 5.78. The molecule has 0 unspecified atom stereocenters. The lowest BCUT2D eigenvalue weighted by molar-refractivity contribution is 0.220. The highest BCUT2D eigenvalue weighted by Crippen LogP contribution is 2.27. The van der Waals surface area contributed by atoms with E-state index < -0.39 is 0 Å². The van der Waals surface area contributed by atoms with Crippen LogP contribution >= 0.6 is 22.7 Å². The van der Waals surface area contributed by atoms with Crippen molar-refractivity contribution in [2.75, 3.05) is 7.05 Å². The molecule has 0 aliphatic heterocycles. The highest BCUT2D eigenvalue weighted by Gasteiger charge is 2.19. The summed E-state index contributed by atoms with van der Waals surface area (Å²) in [5.74, 6) is 1.26. The van der Waals surface area contributed by atoms with Crippen molar-refractivity contribution in [3.8, 4) is 10.8 Å². The standard InChI is InChI=1S/C14H15N3OS2/c1-10(17(2)9-11-5-3-7-19-11)13-15-16-14(18-13)12-6-4-8-20-12/h3-8,10H,9H2,1-2H3/t10-/m1/s1. The van der Waals surface area contributed by atoms with Crippen LogP contribution in [-0.4, -0.2) is 22.1 Å². The van der Waals surface area contributed by atoms with Crippen LogP contribution in [0.2, 0.25) is 0 Å². The fourth-order valence-electron chi connectivity index (χ4n) is 1.88. The van der Waals surface area contributed by atoms with Crippen LogP contribution in [-0.2, 0) is 6.54 Å². The third-order valence-corrected chi connectivity index (χ3v) is 4.90. The number of rotatable bonds is 5. The number of aromatic nitrogens is 2. The van der Waals surface area contributed by atoms with Crippen LogP contribution < -0.4 is 0 Å². The molecule has 3 rings (SSSR count). The number of thiophene rings is 2. The second-order valence-electron chi connectivity index (χ2n) is 4.59. The fraction of sp³-hybridized carbons (Fsp3) is 0.286. The Bertz CT molecular complexity index is 646. The van der Waals surface area contributed by atoms with Gasteiger partial charge >= 0.3 is 0 Å². The van der Waals surface area contributed by atoms with Crippen LogP contribution in [0.3, 0.4) is 0 Å². The van der Waals surface area contributed by atoms with E-state index in [4.69, 9.17) is 4.42 Å². The molecule has 20 heavy (non-hydrogen) atoms. The summed E-state index contributed by atoms with van der Waals surface area (Å²) >= 11 is 3.37. The first-order valence-corrected chi connectivity index (χ1v) is 8.10. The summed E-state index contributed by atoms with van der Waals surface area (Å²) in [7, 11) is 2.07. The van der Waals surface area contributed by atoms with Crippen LogP contribution in [0.4, 0.5) is 0 Å². The first-order valence-electron chi connectivity index (χ1n) is 6.34. The minimum Gasteiger partial charge on any atom is -0.418 e. The van der Waals surface area contributed by atoms with Gasteiger partial charge in [-0.05, 0) is 36.9 Å². The van der Waals surface area contributed by atoms with E-state index in [0.29, 0.717) is 11.8 Å². The summed E-state index contributed by atoms with van der Waals surface area (Å²) in [5, 5.41) is 12.4. The molecule has 1 atom stereocenters. The first-order chi connectivity index (χ1) is 9.74. The Morgan fingerprint density at radius 3 is 2.70 bits per heavy atom. The van der Waals surface area contributed by atoms with Crippen LogP contribution in [0.25, 0.3) is 10.8 Å². The Morgan fingerprint density at radius 1 is 1.20 bits per heavy atom. The van der Waals surface area contributed by atoms with E-state index in [1.54, 1.807) is 22.7 Å². The molecule has 0 spiro atoms. The molecule has 104 valence electrons. The highest BCUT2D eigenvalue weighted by molar-refractivity contribution is 7.13. The van der Waals surface area contributed by atoms with Crippen molar-refractivity contribution in [1.29, 1.82) is 0 Å². The third kappa shape index (κ3) is 2.82. The van der Waals surface area contributed by atoms with Gasteiger partial charge in [-0.15, -0.1) is 32.9 Å². The average molecular weight is 305 g/mol. The van der Waals surface area contributed by atoms with Gasteiger partial charge in [-0.3, -0.25) is 4.90 Å². The molecule has 3 heterocycles. The van der Waals surface area contributed by atoms with Gasteiger partial charge < -0.3 is 4.42 Å². The Labute approximate surface area is 125 Å². The van der Waals surface area contributed by atoms with E-state index in [1.807, 2.05) is 17.5 Å². The lowest BCUT2D eigenvalue weighted by Gasteiger charge is -2.20. The molecule has 0 fully saturated rings. The maximum atomic E-state index is 5.78. The second-order valence-corrected chi connectivity index (χ2v) is 6.57. The molecular weight excluding hydrogens is 290 g/mol. The van der Waals surface area contributed by atoms with Crippen molar-refractivity contribution in [2.45, 2.75) is 19.5 Å². The number of hydrogen-bond acceptors (Lipinski definition) is 6. The zero-order valence-electron chi connectivity index (χ0n) is 11.3. The van der Waals surface area contributed by atoms with E-state index in [2.05, 4.69) is 46.6 Å². The molecule has 6 heteroatoms. The van der Waals surface area contributed by atoms with E-state index in [1.165, 1.54) is 4.88 Å². The van der Waals surface area contributed by atoms with Gasteiger partial charge in [-0.2, -0.15) is 0 Å². The maximum Gasteiger partial charge on any atom is 0.257 e. The molecule has 0 N–H and O–H groups in total. The molecule has 4 nitrogen and oxygen atoms in total. The molecular formula is C14H15N3OS2. The van der Waals surface area contributed by atoms with Crippen molar-refractivity contribution < 1.29 is 4.42 Å². The van der Waals surface area contributed by atoms with Gasteiger partial charge in [0.25, 0.3) is 5.89 Å². The summed E-state index contributed by atoms with van der Waals surface area (Å²) in [4.78, 5) is 4.55. The van der Waals surface area contributed by atoms with E-state index in [9.17, 15) is 0 Å². The summed E-state index contributed by atoms with van der Waals surface area (Å²) < 4.78 is 5.78. The van der Waals surface area contributed by atoms with Crippen molar-refractivity contribution in [3.05, 3.63) is 45.8 Å². The van der Waals surface area contributed by atoms with E-state index >= 15 is 0 Å². The minimum absolute atomic E-state index is 0.0957. The largest absolute Gasteiger partial charge is 0.418 e. The number of nitrogens with zero attached hydrogens (tertiary/aromatic N) is 3. The smallest absolute Gasteiger partial charge is 0.257 e. The monoisotopic (exact) mass is 305 g/mol. The summed E-state index contributed by atoms with van der Waals surface area (Å²) in [5.41, 5.74) is 0. The predicted molar refractivity (Wildman–Crippen MR) is 81.8 cm³/mol. The molecule has 0 amide bonds. The van der Waals surface area contributed by atoms with Gasteiger partial charge in [0.15, 0.2) is 0 Å². The lowest BCUT2D eigenvalue weighted by atomic mass is 10.3. The van der Waals surface area contributed by atoms with E-state index in [-0.39, 0.29) is 6.04 Å². The fourth-order valence-corrected chi connectivity index (χ4v) is 3.29. The van der Waals surface area contributed by atoms with Crippen LogP contribution in [0, 0.1) is 0 Å². The molecule has 3 aromatic heterocycles. The molecule has 0 bridgehead atoms.